The van der Waals surface area contributed by atoms with Gasteiger partial charge in [0.05, 0.1) is 0 Å². The topological polar surface area (TPSA) is 17.1 Å². The van der Waals surface area contributed by atoms with Gasteiger partial charge in [0.25, 0.3) is 0 Å². The molecule has 1 unspecified atom stereocenters. The normalized spacial score (nSPS) is 21.3. The molecule has 0 bridgehead atoms. The van der Waals surface area contributed by atoms with E-state index in [-0.39, 0.29) is 5.41 Å². The van der Waals surface area contributed by atoms with Crippen molar-refractivity contribution in [2.24, 2.45) is 17.3 Å². The fourth-order valence-corrected chi connectivity index (χ4v) is 2.20. The van der Waals surface area contributed by atoms with Crippen molar-refractivity contribution in [1.82, 2.24) is 0 Å². The van der Waals surface area contributed by atoms with Gasteiger partial charge in [0.15, 0.2) is 0 Å². The molecule has 0 N–H and O–H groups in total. The molecule has 0 aromatic carbocycles. The number of hydrogen-bond donors (Lipinski definition) is 0. The molecule has 0 aromatic heterocycles. The van der Waals surface area contributed by atoms with E-state index in [1.807, 2.05) is 0 Å². The summed E-state index contributed by atoms with van der Waals surface area (Å²) in [4.78, 5) is 12.1. The van der Waals surface area contributed by atoms with Gasteiger partial charge in [-0.1, -0.05) is 47.0 Å². The van der Waals surface area contributed by atoms with Crippen LogP contribution < -0.4 is 0 Å². The number of rotatable bonds is 3. The van der Waals surface area contributed by atoms with Gasteiger partial charge in [-0.15, -0.1) is 0 Å². The van der Waals surface area contributed by atoms with Crippen LogP contribution >= 0.6 is 0 Å². The van der Waals surface area contributed by atoms with Gasteiger partial charge < -0.3 is 0 Å². The van der Waals surface area contributed by atoms with E-state index in [1.165, 1.54) is 19.3 Å². The molecule has 88 valence electrons. The molecule has 1 fully saturated rings. The highest BCUT2D eigenvalue weighted by Crippen LogP contribution is 2.32. The van der Waals surface area contributed by atoms with Crippen LogP contribution in [0.2, 0.25) is 0 Å². The molecule has 1 saturated carbocycles. The summed E-state index contributed by atoms with van der Waals surface area (Å²) >= 11 is 0. The van der Waals surface area contributed by atoms with Gasteiger partial charge in [-0.2, -0.15) is 0 Å². The Morgan fingerprint density at radius 2 is 1.73 bits per heavy atom. The van der Waals surface area contributed by atoms with E-state index in [0.29, 0.717) is 17.6 Å². The molecule has 1 nitrogen and oxygen atoms in total. The van der Waals surface area contributed by atoms with E-state index in [9.17, 15) is 4.79 Å². The largest absolute Gasteiger partial charge is 0.299 e. The van der Waals surface area contributed by atoms with Gasteiger partial charge in [0.2, 0.25) is 0 Å². The summed E-state index contributed by atoms with van der Waals surface area (Å²) in [6, 6.07) is 0. The minimum Gasteiger partial charge on any atom is -0.299 e. The molecule has 0 aromatic rings. The zero-order valence-electron chi connectivity index (χ0n) is 10.8. The Labute approximate surface area is 94.6 Å². The van der Waals surface area contributed by atoms with E-state index >= 15 is 0 Å². The molecule has 0 amide bonds. The maximum Gasteiger partial charge on any atom is 0.136 e. The molecule has 1 aliphatic rings. The van der Waals surface area contributed by atoms with Crippen molar-refractivity contribution in [2.45, 2.75) is 66.2 Å². The zero-order valence-corrected chi connectivity index (χ0v) is 10.8. The first-order valence-electron chi connectivity index (χ1n) is 6.44. The van der Waals surface area contributed by atoms with Gasteiger partial charge in [0, 0.05) is 12.3 Å². The quantitative estimate of drug-likeness (QED) is 0.682. The lowest BCUT2D eigenvalue weighted by molar-refractivity contribution is -0.125. The predicted octanol–water partition coefficient (Wildman–Crippen LogP) is 4.21. The summed E-state index contributed by atoms with van der Waals surface area (Å²) in [5, 5.41) is 0. The molecule has 1 aliphatic carbocycles. The molecule has 0 saturated heterocycles. The molecule has 15 heavy (non-hydrogen) atoms. The fourth-order valence-electron chi connectivity index (χ4n) is 2.20. The van der Waals surface area contributed by atoms with Gasteiger partial charge in [-0.05, 0) is 24.2 Å². The van der Waals surface area contributed by atoms with E-state index in [4.69, 9.17) is 0 Å². The molecule has 1 rings (SSSR count). The average molecular weight is 210 g/mol. The second kappa shape index (κ2) is 5.14. The second-order valence-electron chi connectivity index (χ2n) is 6.27. The Morgan fingerprint density at radius 1 is 1.20 bits per heavy atom. The maximum absolute atomic E-state index is 12.1. The van der Waals surface area contributed by atoms with Crippen molar-refractivity contribution in [3.05, 3.63) is 0 Å². The highest BCUT2D eigenvalue weighted by atomic mass is 16.1. The van der Waals surface area contributed by atoms with E-state index in [2.05, 4.69) is 27.7 Å². The van der Waals surface area contributed by atoms with Crippen LogP contribution in [0.4, 0.5) is 0 Å². The lowest BCUT2D eigenvalue weighted by atomic mass is 9.76. The molecule has 0 spiro atoms. The first-order chi connectivity index (χ1) is 6.91. The van der Waals surface area contributed by atoms with Gasteiger partial charge >= 0.3 is 0 Å². The third kappa shape index (κ3) is 3.96. The minimum absolute atomic E-state index is 0.268. The number of carbonyl (C=O) groups excluding carboxylic acids is 1. The zero-order chi connectivity index (χ0) is 11.5. The number of Topliss-reactive ketones (excluding diaryl/α,β-unsaturated/α-hetero) is 1. The van der Waals surface area contributed by atoms with Gasteiger partial charge in [0.1, 0.15) is 5.78 Å². The van der Waals surface area contributed by atoms with Crippen LogP contribution in [0.3, 0.4) is 0 Å². The Bertz CT molecular complexity index is 206. The molecule has 1 atom stereocenters. The van der Waals surface area contributed by atoms with Crippen LogP contribution in [0.25, 0.3) is 0 Å². The first kappa shape index (κ1) is 12.7. The molecular weight excluding hydrogens is 184 g/mol. The standard InChI is InChI=1S/C14H26O/c1-11(14(2,3)4)10-13(15)12-8-6-5-7-9-12/h11-12H,5-10H2,1-4H3. The number of ketones is 1. The molecule has 0 aliphatic heterocycles. The van der Waals surface area contributed by atoms with Crippen LogP contribution in [-0.4, -0.2) is 5.78 Å². The van der Waals surface area contributed by atoms with Crippen LogP contribution in [0.5, 0.6) is 0 Å². The molecular formula is C14H26O. The lowest BCUT2D eigenvalue weighted by Crippen LogP contribution is -2.25. The van der Waals surface area contributed by atoms with Crippen molar-refractivity contribution >= 4 is 5.78 Å². The van der Waals surface area contributed by atoms with Gasteiger partial charge in [-0.3, -0.25) is 4.79 Å². The van der Waals surface area contributed by atoms with Crippen molar-refractivity contribution in [3.63, 3.8) is 0 Å². The Balaban J connectivity index is 2.40. The molecule has 0 radical (unpaired) electrons. The number of hydrogen-bond acceptors (Lipinski definition) is 1. The van der Waals surface area contributed by atoms with E-state index in [1.54, 1.807) is 0 Å². The third-order valence-corrected chi connectivity index (χ3v) is 4.05. The summed E-state index contributed by atoms with van der Waals surface area (Å²) in [6.07, 6.45) is 6.94. The fraction of sp³-hybridized carbons (Fsp3) is 0.929. The van der Waals surface area contributed by atoms with Crippen molar-refractivity contribution in [3.8, 4) is 0 Å². The van der Waals surface area contributed by atoms with Crippen molar-refractivity contribution in [2.75, 3.05) is 0 Å². The lowest BCUT2D eigenvalue weighted by Gasteiger charge is -2.29. The summed E-state index contributed by atoms with van der Waals surface area (Å²) in [6.45, 7) is 8.89. The average Bonchev–Trinajstić information content (AvgIpc) is 2.17. The maximum atomic E-state index is 12.1. The Hall–Kier alpha value is -0.330. The van der Waals surface area contributed by atoms with Crippen LogP contribution in [0, 0.1) is 17.3 Å². The van der Waals surface area contributed by atoms with Crippen molar-refractivity contribution < 1.29 is 4.79 Å². The van der Waals surface area contributed by atoms with E-state index < -0.39 is 0 Å². The highest BCUT2D eigenvalue weighted by Gasteiger charge is 2.27. The minimum atomic E-state index is 0.268. The Morgan fingerprint density at radius 3 is 2.20 bits per heavy atom. The number of carbonyl (C=O) groups is 1. The SMILES string of the molecule is CC(CC(=O)C1CCCCC1)C(C)(C)C. The third-order valence-electron chi connectivity index (χ3n) is 4.05. The summed E-state index contributed by atoms with van der Waals surface area (Å²) < 4.78 is 0. The molecule has 0 heterocycles. The Kier molecular flexibility index (Phi) is 4.36. The van der Waals surface area contributed by atoms with Crippen LogP contribution in [0.1, 0.15) is 66.2 Å². The summed E-state index contributed by atoms with van der Waals surface area (Å²) in [7, 11) is 0. The molecule has 1 heteroatoms. The smallest absolute Gasteiger partial charge is 0.136 e. The highest BCUT2D eigenvalue weighted by molar-refractivity contribution is 5.81. The van der Waals surface area contributed by atoms with E-state index in [0.717, 1.165) is 19.3 Å². The summed E-state index contributed by atoms with van der Waals surface area (Å²) in [5.74, 6) is 1.42. The summed E-state index contributed by atoms with van der Waals surface area (Å²) in [5.41, 5.74) is 0.268. The predicted molar refractivity (Wildman–Crippen MR) is 64.8 cm³/mol. The second-order valence-corrected chi connectivity index (χ2v) is 6.27. The van der Waals surface area contributed by atoms with Crippen molar-refractivity contribution in [1.29, 1.82) is 0 Å². The van der Waals surface area contributed by atoms with Crippen LogP contribution in [0.15, 0.2) is 0 Å². The van der Waals surface area contributed by atoms with Crippen LogP contribution in [-0.2, 0) is 4.79 Å². The monoisotopic (exact) mass is 210 g/mol. The van der Waals surface area contributed by atoms with Gasteiger partial charge in [-0.25, -0.2) is 0 Å². The first-order valence-corrected chi connectivity index (χ1v) is 6.44.